The number of anilines is 4. The van der Waals surface area contributed by atoms with Gasteiger partial charge in [-0.15, -0.1) is 8.78 Å². The zero-order chi connectivity index (χ0) is 20.7. The number of fused-ring (bicyclic) bond motifs is 2. The lowest BCUT2D eigenvalue weighted by atomic mass is 10.2. The van der Waals surface area contributed by atoms with Crippen molar-refractivity contribution in [1.82, 2.24) is 9.97 Å². The summed E-state index contributed by atoms with van der Waals surface area (Å²) in [5, 5.41) is 16.6. The van der Waals surface area contributed by atoms with Gasteiger partial charge in [0.25, 0.3) is 0 Å². The van der Waals surface area contributed by atoms with Gasteiger partial charge in [-0.1, -0.05) is 6.07 Å². The van der Waals surface area contributed by atoms with Gasteiger partial charge < -0.3 is 25.1 Å². The van der Waals surface area contributed by atoms with E-state index >= 15 is 0 Å². The summed E-state index contributed by atoms with van der Waals surface area (Å²) in [5.41, 5.74) is 2.99. The van der Waals surface area contributed by atoms with Crippen molar-refractivity contribution in [3.8, 4) is 17.6 Å². The van der Waals surface area contributed by atoms with Crippen molar-refractivity contribution in [3.05, 3.63) is 66.5 Å². The summed E-state index contributed by atoms with van der Waals surface area (Å²) >= 11 is 0. The van der Waals surface area contributed by atoms with Crippen molar-refractivity contribution in [1.29, 1.82) is 5.26 Å². The Labute approximate surface area is 168 Å². The molecule has 1 aliphatic heterocycles. The van der Waals surface area contributed by atoms with Crippen molar-refractivity contribution in [2.45, 2.75) is 6.29 Å². The first-order valence-electron chi connectivity index (χ1n) is 8.91. The molecule has 7 nitrogen and oxygen atoms in total. The number of H-pyrrole nitrogens is 1. The molecule has 0 aliphatic carbocycles. The van der Waals surface area contributed by atoms with E-state index < -0.39 is 6.29 Å². The third-order valence-electron chi connectivity index (χ3n) is 4.46. The SMILES string of the molecule is N#Cc1cc(Nc2ccc3c(c2)OC(F)(F)O3)cc(Nc2ccc3cc[nH]c3c2)n1. The lowest BCUT2D eigenvalue weighted by molar-refractivity contribution is -0.286. The Kier molecular flexibility index (Phi) is 3.93. The van der Waals surface area contributed by atoms with Gasteiger partial charge in [0, 0.05) is 40.9 Å². The van der Waals surface area contributed by atoms with Crippen LogP contribution in [0.1, 0.15) is 5.69 Å². The molecule has 4 aromatic rings. The molecule has 148 valence electrons. The maximum atomic E-state index is 13.2. The molecule has 3 N–H and O–H groups in total. The molecular formula is C21H13F2N5O2. The fourth-order valence-corrected chi connectivity index (χ4v) is 3.19. The van der Waals surface area contributed by atoms with Crippen molar-refractivity contribution in [3.63, 3.8) is 0 Å². The van der Waals surface area contributed by atoms with E-state index in [-0.39, 0.29) is 17.2 Å². The summed E-state index contributed by atoms with van der Waals surface area (Å²) in [5.74, 6) is 0.340. The number of hydrogen-bond acceptors (Lipinski definition) is 6. The number of hydrogen-bond donors (Lipinski definition) is 3. The zero-order valence-electron chi connectivity index (χ0n) is 15.2. The minimum atomic E-state index is -3.68. The van der Waals surface area contributed by atoms with Gasteiger partial charge in [-0.3, -0.25) is 0 Å². The van der Waals surface area contributed by atoms with Crippen LogP contribution < -0.4 is 20.1 Å². The molecule has 0 saturated heterocycles. The van der Waals surface area contributed by atoms with Gasteiger partial charge in [0.1, 0.15) is 17.6 Å². The standard InChI is InChI=1S/C21H13F2N5O2/c22-21(23)29-18-4-3-14(9-19(18)30-21)26-15-7-16(11-24)28-20(10-15)27-13-2-1-12-5-6-25-17(12)8-13/h1-10,25H,(H2,26,27,28). The molecule has 5 rings (SSSR count). The zero-order valence-corrected chi connectivity index (χ0v) is 15.2. The topological polar surface area (TPSA) is 95.0 Å². The summed E-state index contributed by atoms with van der Waals surface area (Å²) in [6.07, 6.45) is -1.82. The second-order valence-electron chi connectivity index (χ2n) is 6.60. The summed E-state index contributed by atoms with van der Waals surface area (Å²) in [6, 6.07) is 17.4. The van der Waals surface area contributed by atoms with E-state index in [2.05, 4.69) is 30.1 Å². The van der Waals surface area contributed by atoms with Crippen LogP contribution in [0.2, 0.25) is 0 Å². The maximum absolute atomic E-state index is 13.2. The molecule has 9 heteroatoms. The summed E-state index contributed by atoms with van der Waals surface area (Å²) < 4.78 is 35.3. The Hall–Kier alpha value is -4.32. The fourth-order valence-electron chi connectivity index (χ4n) is 3.19. The maximum Gasteiger partial charge on any atom is 0.586 e. The Balaban J connectivity index is 1.41. The molecule has 0 fully saturated rings. The predicted molar refractivity (Wildman–Crippen MR) is 106 cm³/mol. The van der Waals surface area contributed by atoms with Crippen molar-refractivity contribution in [2.75, 3.05) is 10.6 Å². The lowest BCUT2D eigenvalue weighted by Gasteiger charge is -2.11. The van der Waals surface area contributed by atoms with E-state index in [0.29, 0.717) is 17.2 Å². The van der Waals surface area contributed by atoms with Gasteiger partial charge in [0.05, 0.1) is 0 Å². The highest BCUT2D eigenvalue weighted by atomic mass is 19.3. The number of rotatable bonds is 4. The molecule has 0 spiro atoms. The number of pyridine rings is 1. The van der Waals surface area contributed by atoms with Crippen LogP contribution in [-0.4, -0.2) is 16.3 Å². The first-order valence-corrected chi connectivity index (χ1v) is 8.91. The molecule has 2 aromatic heterocycles. The first kappa shape index (κ1) is 17.8. The van der Waals surface area contributed by atoms with Gasteiger partial charge in [-0.25, -0.2) is 4.98 Å². The van der Waals surface area contributed by atoms with Crippen LogP contribution in [-0.2, 0) is 0 Å². The van der Waals surface area contributed by atoms with E-state index in [9.17, 15) is 14.0 Å². The summed E-state index contributed by atoms with van der Waals surface area (Å²) in [7, 11) is 0. The third kappa shape index (κ3) is 3.42. The minimum Gasteiger partial charge on any atom is -0.395 e. The normalized spacial score (nSPS) is 13.8. The van der Waals surface area contributed by atoms with Crippen LogP contribution in [0, 0.1) is 11.3 Å². The molecule has 0 atom stereocenters. The molecular weight excluding hydrogens is 392 g/mol. The van der Waals surface area contributed by atoms with Gasteiger partial charge >= 0.3 is 6.29 Å². The number of halogens is 2. The van der Waals surface area contributed by atoms with E-state index in [4.69, 9.17) is 0 Å². The number of ether oxygens (including phenoxy) is 2. The average Bonchev–Trinajstić information content (AvgIpc) is 3.29. The monoisotopic (exact) mass is 405 g/mol. The van der Waals surface area contributed by atoms with Gasteiger partial charge in [-0.2, -0.15) is 5.26 Å². The van der Waals surface area contributed by atoms with Crippen LogP contribution in [0.15, 0.2) is 60.8 Å². The van der Waals surface area contributed by atoms with Crippen molar-refractivity contribution >= 4 is 33.8 Å². The molecule has 1 aliphatic rings. The predicted octanol–water partition coefficient (Wildman–Crippen LogP) is 5.24. The molecule has 0 radical (unpaired) electrons. The number of aromatic nitrogens is 2. The number of benzene rings is 2. The average molecular weight is 405 g/mol. The number of nitrogens with one attached hydrogen (secondary N) is 3. The molecule has 0 bridgehead atoms. The van der Waals surface area contributed by atoms with Gasteiger partial charge in [-0.05, 0) is 41.8 Å². The quantitative estimate of drug-likeness (QED) is 0.430. The van der Waals surface area contributed by atoms with Crippen LogP contribution in [0.4, 0.5) is 31.7 Å². The Morgan fingerprint density at radius 1 is 0.900 bits per heavy atom. The summed E-state index contributed by atoms with van der Waals surface area (Å²) in [4.78, 5) is 7.41. The van der Waals surface area contributed by atoms with E-state index in [0.717, 1.165) is 16.6 Å². The van der Waals surface area contributed by atoms with Gasteiger partial charge in [0.15, 0.2) is 11.5 Å². The number of nitrogens with zero attached hydrogens (tertiary/aromatic N) is 2. The number of alkyl halides is 2. The Morgan fingerprint density at radius 2 is 1.70 bits per heavy atom. The largest absolute Gasteiger partial charge is 0.586 e. The lowest BCUT2D eigenvalue weighted by Crippen LogP contribution is -2.25. The molecule has 30 heavy (non-hydrogen) atoms. The first-order chi connectivity index (χ1) is 14.5. The Bertz CT molecular complexity index is 1310. The molecule has 0 unspecified atom stereocenters. The number of nitriles is 1. The molecule has 3 heterocycles. The van der Waals surface area contributed by atoms with Crippen molar-refractivity contribution in [2.24, 2.45) is 0 Å². The molecule has 0 amide bonds. The highest BCUT2D eigenvalue weighted by Crippen LogP contribution is 2.42. The second kappa shape index (κ2) is 6.63. The highest BCUT2D eigenvalue weighted by Gasteiger charge is 2.43. The van der Waals surface area contributed by atoms with Gasteiger partial charge in [0.2, 0.25) is 0 Å². The minimum absolute atomic E-state index is 0.0416. The molecule has 0 saturated carbocycles. The number of aromatic amines is 1. The van der Waals surface area contributed by atoms with Crippen LogP contribution in [0.25, 0.3) is 10.9 Å². The van der Waals surface area contributed by atoms with Crippen LogP contribution in [0.3, 0.4) is 0 Å². The van der Waals surface area contributed by atoms with Crippen LogP contribution >= 0.6 is 0 Å². The fraction of sp³-hybridized carbons (Fsp3) is 0.0476. The highest BCUT2D eigenvalue weighted by molar-refractivity contribution is 5.83. The summed E-state index contributed by atoms with van der Waals surface area (Å²) in [6.45, 7) is 0. The van der Waals surface area contributed by atoms with E-state index in [1.54, 1.807) is 18.2 Å². The van der Waals surface area contributed by atoms with Crippen molar-refractivity contribution < 1.29 is 18.3 Å². The third-order valence-corrected chi connectivity index (χ3v) is 4.46. The Morgan fingerprint density at radius 3 is 2.57 bits per heavy atom. The second-order valence-corrected chi connectivity index (χ2v) is 6.60. The molecule has 2 aromatic carbocycles. The van der Waals surface area contributed by atoms with Crippen LogP contribution in [0.5, 0.6) is 11.5 Å². The van der Waals surface area contributed by atoms with E-state index in [1.807, 2.05) is 36.5 Å². The van der Waals surface area contributed by atoms with E-state index in [1.165, 1.54) is 12.1 Å². The smallest absolute Gasteiger partial charge is 0.395 e.